The fourth-order valence-electron chi connectivity index (χ4n) is 5.02. The van der Waals surface area contributed by atoms with E-state index in [2.05, 4.69) is 60.0 Å². The highest BCUT2D eigenvalue weighted by atomic mass is 16.2. The monoisotopic (exact) mass is 820 g/mol. The molecule has 4 atom stereocenters. The van der Waals surface area contributed by atoms with E-state index >= 15 is 0 Å². The summed E-state index contributed by atoms with van der Waals surface area (Å²) in [5.74, 6) is 3.32. The molecule has 334 valence electrons. The van der Waals surface area contributed by atoms with Gasteiger partial charge in [0.15, 0.2) is 5.78 Å². The van der Waals surface area contributed by atoms with Gasteiger partial charge in [-0.3, -0.25) is 28.9 Å². The second-order valence-corrected chi connectivity index (χ2v) is 14.9. The van der Waals surface area contributed by atoms with Gasteiger partial charge in [0, 0.05) is 26.6 Å². The Bertz CT molecular complexity index is 1310. The Hall–Kier alpha value is -4.85. The van der Waals surface area contributed by atoms with Gasteiger partial charge in [-0.25, -0.2) is 9.59 Å². The molecule has 0 aliphatic carbocycles. The summed E-state index contributed by atoms with van der Waals surface area (Å²) in [6.45, 7) is 30.6. The standard InChI is InChI=1S/C29H46N6O6.C4H7NO.C3H8.C3H4.2C2H6.CH4/c1-10-11-13-19(18(2)36)30-24(38)20-14-12-15-34(20)25(39)23(29(6,7)8)32-26(40)31-21(28(3,4)5)16-35-22(37)17-33(9)27(35)41;1-2-3-5-4-6;2*1-3-2;2*1-2;/h1,19-21,23H,11-17H2,2-9H3,(H,30,38)(H2,31,32,40);2,4H,1,3H2,(H,5,6);3H2,1-2H3;1H,2H3;2*1-2H3;1H4. The number of hydrogen-bond donors (Lipinski definition) is 4. The highest BCUT2D eigenvalue weighted by Crippen LogP contribution is 2.27. The molecule has 0 aromatic carbocycles. The molecule has 58 heavy (non-hydrogen) atoms. The van der Waals surface area contributed by atoms with E-state index in [-0.39, 0.29) is 32.2 Å². The predicted octanol–water partition coefficient (Wildman–Crippen LogP) is 6.15. The number of rotatable bonds is 13. The first kappa shape index (κ1) is 62.3. The second kappa shape index (κ2) is 34.2. The van der Waals surface area contributed by atoms with Crippen LogP contribution >= 0.6 is 0 Å². The summed E-state index contributed by atoms with van der Waals surface area (Å²) in [5.41, 5.74) is -1.24. The molecule has 2 heterocycles. The number of imide groups is 1. The van der Waals surface area contributed by atoms with Crippen LogP contribution in [0.15, 0.2) is 12.7 Å². The summed E-state index contributed by atoms with van der Waals surface area (Å²) in [6.07, 6.45) is 15.1. The molecular weight excluding hydrogens is 739 g/mol. The van der Waals surface area contributed by atoms with Crippen molar-refractivity contribution in [2.75, 3.05) is 33.2 Å². The third-order valence-electron chi connectivity index (χ3n) is 7.90. The van der Waals surface area contributed by atoms with Crippen LogP contribution < -0.4 is 21.3 Å². The van der Waals surface area contributed by atoms with Gasteiger partial charge in [-0.05, 0) is 43.9 Å². The molecule has 0 radical (unpaired) electrons. The van der Waals surface area contributed by atoms with E-state index < -0.39 is 58.9 Å². The second-order valence-electron chi connectivity index (χ2n) is 14.9. The molecular formula is C44H81N7O7. The highest BCUT2D eigenvalue weighted by molar-refractivity contribution is 6.02. The van der Waals surface area contributed by atoms with E-state index in [9.17, 15) is 33.6 Å². The number of carbonyl (C=O) groups excluding carboxylic acids is 7. The van der Waals surface area contributed by atoms with Crippen molar-refractivity contribution in [1.29, 1.82) is 0 Å². The summed E-state index contributed by atoms with van der Waals surface area (Å²) in [7, 11) is 1.54. The van der Waals surface area contributed by atoms with Gasteiger partial charge in [0.1, 0.15) is 18.6 Å². The SMILES string of the molecule is C.C#CC.C#CCCC(NC(=O)C1CCCN1C(=O)C(NC(=O)NC(CN1C(=O)CN(C)C1=O)C(C)(C)C)C(C)(C)C)C(C)=O.C=CCNC=O.CC.CC.CCC. The van der Waals surface area contributed by atoms with Crippen molar-refractivity contribution in [1.82, 2.24) is 36.0 Å². The number of likely N-dealkylation sites (N-methyl/N-ethyl adjacent to an activating group) is 1. The van der Waals surface area contributed by atoms with E-state index in [1.165, 1.54) is 30.2 Å². The first-order valence-corrected chi connectivity index (χ1v) is 20.0. The van der Waals surface area contributed by atoms with Crippen LogP contribution in [0.25, 0.3) is 0 Å². The molecule has 0 spiro atoms. The Kier molecular flexibility index (Phi) is 36.8. The third kappa shape index (κ3) is 24.7. The van der Waals surface area contributed by atoms with E-state index in [1.807, 2.05) is 69.2 Å². The molecule has 2 saturated heterocycles. The zero-order valence-corrected chi connectivity index (χ0v) is 37.9. The van der Waals surface area contributed by atoms with E-state index in [1.54, 1.807) is 13.0 Å². The van der Waals surface area contributed by atoms with Crippen molar-refractivity contribution in [3.63, 3.8) is 0 Å². The van der Waals surface area contributed by atoms with Gasteiger partial charge in [-0.2, -0.15) is 0 Å². The molecule has 0 aromatic heterocycles. The average molecular weight is 820 g/mol. The number of ketones is 1. The van der Waals surface area contributed by atoms with Crippen LogP contribution in [0.3, 0.4) is 0 Å². The zero-order chi connectivity index (χ0) is 45.5. The Labute approximate surface area is 352 Å². The van der Waals surface area contributed by atoms with Crippen molar-refractivity contribution in [2.45, 2.75) is 161 Å². The van der Waals surface area contributed by atoms with Crippen molar-refractivity contribution in [2.24, 2.45) is 10.8 Å². The molecule has 2 rings (SSSR count). The van der Waals surface area contributed by atoms with E-state index in [0.29, 0.717) is 45.2 Å². The lowest BCUT2D eigenvalue weighted by atomic mass is 9.85. The van der Waals surface area contributed by atoms with Gasteiger partial charge >= 0.3 is 12.1 Å². The van der Waals surface area contributed by atoms with Gasteiger partial charge < -0.3 is 31.1 Å². The Balaban J connectivity index is -0.000000473. The number of nitrogens with zero attached hydrogens (tertiary/aromatic N) is 3. The Morgan fingerprint density at radius 2 is 1.48 bits per heavy atom. The van der Waals surface area contributed by atoms with Crippen LogP contribution in [0.1, 0.15) is 136 Å². The molecule has 4 unspecified atom stereocenters. The minimum absolute atomic E-state index is 0. The molecule has 14 heteroatoms. The van der Waals surface area contributed by atoms with Gasteiger partial charge in [0.05, 0.1) is 18.6 Å². The lowest BCUT2D eigenvalue weighted by Gasteiger charge is -2.37. The number of terminal acetylenes is 2. The lowest BCUT2D eigenvalue weighted by Crippen LogP contribution is -2.61. The number of hydrogen-bond acceptors (Lipinski definition) is 7. The molecule has 4 N–H and O–H groups in total. The van der Waals surface area contributed by atoms with Gasteiger partial charge in [0.25, 0.3) is 0 Å². The molecule has 0 aromatic rings. The van der Waals surface area contributed by atoms with Crippen molar-refractivity contribution >= 4 is 42.0 Å². The average Bonchev–Trinajstić information content (AvgIpc) is 3.73. The fourth-order valence-corrected chi connectivity index (χ4v) is 5.02. The van der Waals surface area contributed by atoms with E-state index in [0.717, 1.165) is 4.90 Å². The van der Waals surface area contributed by atoms with Crippen molar-refractivity contribution in [3.05, 3.63) is 12.7 Å². The molecule has 0 saturated carbocycles. The lowest BCUT2D eigenvalue weighted by molar-refractivity contribution is -0.142. The van der Waals surface area contributed by atoms with Gasteiger partial charge in [-0.1, -0.05) is 103 Å². The summed E-state index contributed by atoms with van der Waals surface area (Å²) >= 11 is 0. The number of carbonyl (C=O) groups is 7. The van der Waals surface area contributed by atoms with E-state index in [4.69, 9.17) is 6.42 Å². The number of amides is 8. The first-order chi connectivity index (χ1) is 26.6. The number of likely N-dealkylation sites (tertiary alicyclic amines) is 1. The Morgan fingerprint density at radius 1 is 0.966 bits per heavy atom. The van der Waals surface area contributed by atoms with Crippen LogP contribution in [0, 0.1) is 35.5 Å². The van der Waals surface area contributed by atoms with Crippen molar-refractivity contribution in [3.8, 4) is 24.7 Å². The summed E-state index contributed by atoms with van der Waals surface area (Å²) < 4.78 is 0. The molecule has 0 bridgehead atoms. The first-order valence-electron chi connectivity index (χ1n) is 20.0. The van der Waals surface area contributed by atoms with Crippen molar-refractivity contribution < 1.29 is 33.6 Å². The van der Waals surface area contributed by atoms with Crippen LogP contribution in [0.4, 0.5) is 9.59 Å². The number of Topliss-reactive ketones (excluding diaryl/α,β-unsaturated/α-hetero) is 1. The smallest absolute Gasteiger partial charge is 0.327 e. The Morgan fingerprint density at radius 3 is 1.84 bits per heavy atom. The molecule has 2 aliphatic heterocycles. The van der Waals surface area contributed by atoms with Crippen LogP contribution in [-0.4, -0.2) is 114 Å². The minimum Gasteiger partial charge on any atom is -0.355 e. The van der Waals surface area contributed by atoms with Crippen LogP contribution in [0.2, 0.25) is 0 Å². The number of urea groups is 2. The molecule has 14 nitrogen and oxygen atoms in total. The largest absolute Gasteiger partial charge is 0.355 e. The quantitative estimate of drug-likeness (QED) is 0.0567. The zero-order valence-electron chi connectivity index (χ0n) is 37.9. The molecule has 2 aliphatic rings. The predicted molar refractivity (Wildman–Crippen MR) is 237 cm³/mol. The normalized spacial score (nSPS) is 15.4. The van der Waals surface area contributed by atoms with Crippen LogP contribution in [0.5, 0.6) is 0 Å². The van der Waals surface area contributed by atoms with Crippen LogP contribution in [-0.2, 0) is 24.0 Å². The maximum atomic E-state index is 13.8. The van der Waals surface area contributed by atoms with Gasteiger partial charge in [-0.15, -0.1) is 31.3 Å². The summed E-state index contributed by atoms with van der Waals surface area (Å²) in [6, 6.07) is -4.16. The van der Waals surface area contributed by atoms with Gasteiger partial charge in [0.2, 0.25) is 24.1 Å². The topological polar surface area (TPSA) is 177 Å². The number of nitrogens with one attached hydrogen (secondary N) is 4. The maximum absolute atomic E-state index is 13.8. The summed E-state index contributed by atoms with van der Waals surface area (Å²) in [5, 5.41) is 10.8. The summed E-state index contributed by atoms with van der Waals surface area (Å²) in [4.78, 5) is 90.4. The highest BCUT2D eigenvalue weighted by Gasteiger charge is 2.43. The maximum Gasteiger partial charge on any atom is 0.327 e. The molecule has 8 amide bonds. The molecule has 2 fully saturated rings. The third-order valence-corrected chi connectivity index (χ3v) is 7.90. The minimum atomic E-state index is -0.984. The fraction of sp³-hybridized carbons (Fsp3) is 0.705.